The van der Waals surface area contributed by atoms with Crippen molar-refractivity contribution in [2.45, 2.75) is 20.4 Å². The molecule has 0 atom stereocenters. The number of benzene rings is 2. The number of amides is 1. The van der Waals surface area contributed by atoms with Crippen LogP contribution in [-0.2, 0) is 11.3 Å². The first kappa shape index (κ1) is 17.1. The van der Waals surface area contributed by atoms with Gasteiger partial charge >= 0.3 is 0 Å². The van der Waals surface area contributed by atoms with Gasteiger partial charge in [0.2, 0.25) is 0 Å². The van der Waals surface area contributed by atoms with Gasteiger partial charge in [0, 0.05) is 40.9 Å². The van der Waals surface area contributed by atoms with E-state index < -0.39 is 11.7 Å². The van der Waals surface area contributed by atoms with Crippen molar-refractivity contribution in [3.63, 3.8) is 0 Å². The van der Waals surface area contributed by atoms with Gasteiger partial charge in [-0.2, -0.15) is 0 Å². The van der Waals surface area contributed by atoms with Crippen molar-refractivity contribution >= 4 is 33.5 Å². The highest BCUT2D eigenvalue weighted by Crippen LogP contribution is 2.22. The minimum atomic E-state index is -0.572. The molecule has 5 nitrogen and oxygen atoms in total. The molecule has 4 aromatic rings. The van der Waals surface area contributed by atoms with Crippen molar-refractivity contribution in [3.05, 3.63) is 71.5 Å². The van der Waals surface area contributed by atoms with Crippen LogP contribution < -0.4 is 5.32 Å². The number of Topliss-reactive ketones (excluding diaryl/α,β-unsaturated/α-hetero) is 1. The minimum Gasteiger partial charge on any atom is -0.358 e. The van der Waals surface area contributed by atoms with E-state index in [4.69, 9.17) is 0 Å². The molecule has 0 bridgehead atoms. The van der Waals surface area contributed by atoms with Crippen LogP contribution in [0.4, 0.5) is 0 Å². The number of hydrogen-bond acceptors (Lipinski definition) is 2. The van der Waals surface area contributed by atoms with Gasteiger partial charge in [0.05, 0.1) is 5.56 Å². The summed E-state index contributed by atoms with van der Waals surface area (Å²) in [5.74, 6) is -1.07. The van der Waals surface area contributed by atoms with Crippen LogP contribution in [0.15, 0.2) is 54.6 Å². The second-order valence-electron chi connectivity index (χ2n) is 6.75. The second-order valence-corrected chi connectivity index (χ2v) is 6.75. The molecule has 0 spiro atoms. The van der Waals surface area contributed by atoms with E-state index in [0.29, 0.717) is 24.3 Å². The molecule has 1 amide bonds. The minimum absolute atomic E-state index is 0.394. The van der Waals surface area contributed by atoms with Gasteiger partial charge in [0.1, 0.15) is 0 Å². The fraction of sp³-hybridized carbons (Fsp3) is 0.182. The smallest absolute Gasteiger partial charge is 0.292 e. The van der Waals surface area contributed by atoms with Gasteiger partial charge in [0.25, 0.3) is 11.7 Å². The summed E-state index contributed by atoms with van der Waals surface area (Å²) >= 11 is 0. The zero-order chi connectivity index (χ0) is 19.0. The molecule has 0 saturated carbocycles. The Morgan fingerprint density at radius 3 is 2.63 bits per heavy atom. The van der Waals surface area contributed by atoms with Crippen LogP contribution >= 0.6 is 0 Å². The number of nitrogens with one attached hydrogen (secondary N) is 2. The highest BCUT2D eigenvalue weighted by molar-refractivity contribution is 6.45. The molecule has 2 heterocycles. The number of H-pyrrole nitrogens is 1. The third-order valence-corrected chi connectivity index (χ3v) is 4.97. The largest absolute Gasteiger partial charge is 0.358 e. The van der Waals surface area contributed by atoms with E-state index in [9.17, 15) is 9.59 Å². The van der Waals surface area contributed by atoms with Crippen molar-refractivity contribution < 1.29 is 9.59 Å². The van der Waals surface area contributed by atoms with E-state index in [2.05, 4.69) is 33.1 Å². The Kier molecular flexibility index (Phi) is 4.28. The Morgan fingerprint density at radius 2 is 1.78 bits per heavy atom. The normalized spacial score (nSPS) is 11.2. The van der Waals surface area contributed by atoms with Crippen LogP contribution in [0.25, 0.3) is 21.8 Å². The predicted molar refractivity (Wildman–Crippen MR) is 107 cm³/mol. The van der Waals surface area contributed by atoms with Crippen molar-refractivity contribution in [2.24, 2.45) is 0 Å². The summed E-state index contributed by atoms with van der Waals surface area (Å²) in [5, 5.41) is 4.72. The highest BCUT2D eigenvalue weighted by atomic mass is 16.2. The molecule has 27 heavy (non-hydrogen) atoms. The predicted octanol–water partition coefficient (Wildman–Crippen LogP) is 3.74. The molecule has 4 rings (SSSR count). The van der Waals surface area contributed by atoms with Gasteiger partial charge in [-0.25, -0.2) is 0 Å². The van der Waals surface area contributed by atoms with Gasteiger partial charge in [0.15, 0.2) is 0 Å². The van der Waals surface area contributed by atoms with Gasteiger partial charge in [-0.1, -0.05) is 36.4 Å². The number of para-hydroxylation sites is 2. The Hall–Kier alpha value is -3.34. The number of hydrogen-bond donors (Lipinski definition) is 2. The van der Waals surface area contributed by atoms with Crippen molar-refractivity contribution in [1.82, 2.24) is 14.9 Å². The Morgan fingerprint density at radius 1 is 1.04 bits per heavy atom. The number of ketones is 1. The highest BCUT2D eigenvalue weighted by Gasteiger charge is 2.22. The first-order chi connectivity index (χ1) is 13.1. The van der Waals surface area contributed by atoms with Crippen LogP contribution in [0, 0.1) is 13.8 Å². The number of carbonyl (C=O) groups excluding carboxylic acids is 2. The molecule has 0 radical (unpaired) electrons. The molecule has 0 aliphatic heterocycles. The molecule has 2 aromatic carbocycles. The van der Waals surface area contributed by atoms with Gasteiger partial charge in [-0.05, 0) is 37.4 Å². The van der Waals surface area contributed by atoms with Gasteiger partial charge in [-0.3, -0.25) is 9.59 Å². The zero-order valence-corrected chi connectivity index (χ0v) is 15.4. The Labute approximate surface area is 157 Å². The third kappa shape index (κ3) is 3.01. The number of aryl methyl sites for hydroxylation is 2. The van der Waals surface area contributed by atoms with Crippen molar-refractivity contribution in [2.75, 3.05) is 6.54 Å². The number of aromatic amines is 1. The summed E-state index contributed by atoms with van der Waals surface area (Å²) in [7, 11) is 0. The number of fused-ring (bicyclic) bond motifs is 2. The molecule has 2 aromatic heterocycles. The lowest BCUT2D eigenvalue weighted by atomic mass is 10.1. The molecule has 5 heteroatoms. The molecule has 0 fully saturated rings. The quantitative estimate of drug-likeness (QED) is 0.421. The van der Waals surface area contributed by atoms with Crippen molar-refractivity contribution in [3.8, 4) is 0 Å². The SMILES string of the molecule is Cc1[nH]c2ccccc2c1C(=O)C(=O)NCCn1c(C)cc2ccccc21. The molecule has 2 N–H and O–H groups in total. The lowest BCUT2D eigenvalue weighted by molar-refractivity contribution is -0.117. The van der Waals surface area contributed by atoms with Crippen LogP contribution in [-0.4, -0.2) is 27.8 Å². The third-order valence-electron chi connectivity index (χ3n) is 4.97. The first-order valence-electron chi connectivity index (χ1n) is 9.01. The number of nitrogens with zero attached hydrogens (tertiary/aromatic N) is 1. The Bertz CT molecular complexity index is 1170. The molecule has 0 aliphatic carbocycles. The number of rotatable bonds is 5. The average molecular weight is 359 g/mol. The van der Waals surface area contributed by atoms with E-state index in [1.807, 2.05) is 50.2 Å². The molecule has 0 unspecified atom stereocenters. The number of carbonyl (C=O) groups is 2. The summed E-state index contributed by atoms with van der Waals surface area (Å²) in [5.41, 5.74) is 4.28. The van der Waals surface area contributed by atoms with Crippen LogP contribution in [0.2, 0.25) is 0 Å². The lowest BCUT2D eigenvalue weighted by Crippen LogP contribution is -2.33. The summed E-state index contributed by atoms with van der Waals surface area (Å²) in [6.07, 6.45) is 0. The molecule has 0 aliphatic rings. The van der Waals surface area contributed by atoms with E-state index in [1.54, 1.807) is 0 Å². The molecular formula is C22H21N3O2. The maximum atomic E-state index is 12.7. The fourth-order valence-corrected chi connectivity index (χ4v) is 3.69. The second kappa shape index (κ2) is 6.76. The first-order valence-corrected chi connectivity index (χ1v) is 9.01. The van der Waals surface area contributed by atoms with Crippen LogP contribution in [0.5, 0.6) is 0 Å². The molecule has 0 saturated heterocycles. The van der Waals surface area contributed by atoms with Gasteiger partial charge in [-0.15, -0.1) is 0 Å². The summed E-state index contributed by atoms with van der Waals surface area (Å²) < 4.78 is 2.15. The average Bonchev–Trinajstić information content (AvgIpc) is 3.16. The summed E-state index contributed by atoms with van der Waals surface area (Å²) in [4.78, 5) is 28.3. The topological polar surface area (TPSA) is 66.9 Å². The molecular weight excluding hydrogens is 338 g/mol. The monoisotopic (exact) mass is 359 g/mol. The van der Waals surface area contributed by atoms with Crippen LogP contribution in [0.3, 0.4) is 0 Å². The standard InChI is InChI=1S/C22H21N3O2/c1-14-13-16-7-3-6-10-19(16)25(14)12-11-23-22(27)21(26)20-15(2)24-18-9-5-4-8-17(18)20/h3-10,13,24H,11-12H2,1-2H3,(H,23,27). The van der Waals surface area contributed by atoms with E-state index in [-0.39, 0.29) is 0 Å². The summed E-state index contributed by atoms with van der Waals surface area (Å²) in [6, 6.07) is 17.8. The van der Waals surface area contributed by atoms with Crippen molar-refractivity contribution in [1.29, 1.82) is 0 Å². The molecule has 136 valence electrons. The van der Waals surface area contributed by atoms with Crippen LogP contribution in [0.1, 0.15) is 21.7 Å². The fourth-order valence-electron chi connectivity index (χ4n) is 3.69. The van der Waals surface area contributed by atoms with E-state index in [0.717, 1.165) is 22.1 Å². The van der Waals surface area contributed by atoms with Gasteiger partial charge < -0.3 is 14.9 Å². The maximum absolute atomic E-state index is 12.7. The summed E-state index contributed by atoms with van der Waals surface area (Å²) in [6.45, 7) is 4.87. The van der Waals surface area contributed by atoms with E-state index in [1.165, 1.54) is 5.39 Å². The number of aromatic nitrogens is 2. The Balaban J connectivity index is 1.48. The lowest BCUT2D eigenvalue weighted by Gasteiger charge is -2.09. The zero-order valence-electron chi connectivity index (χ0n) is 15.4. The van der Waals surface area contributed by atoms with E-state index >= 15 is 0 Å². The maximum Gasteiger partial charge on any atom is 0.292 e.